The van der Waals surface area contributed by atoms with Crippen LogP contribution in [0.15, 0.2) is 210 Å². The number of esters is 1. The van der Waals surface area contributed by atoms with Crippen molar-refractivity contribution in [2.75, 3.05) is 0 Å². The molecule has 0 spiro atoms. The lowest BCUT2D eigenvalue weighted by Crippen LogP contribution is -2.13. The van der Waals surface area contributed by atoms with Crippen LogP contribution >= 0.6 is 0 Å². The molecule has 4 aromatic heterocycles. The molecule has 16 heteroatoms. The van der Waals surface area contributed by atoms with Crippen molar-refractivity contribution in [3.05, 3.63) is 251 Å². The SMILES string of the molecule is Cc1ccc(S(=O)(=O)n2ccc3cccc(CO)c32)cc1.Cc1ccc(S(=O)(=O)n2ccc3cccc(COC4OCc5cc6ccccc6nc54)c32)cc1.O=C(OC1OCc2cc3ccccc3nc21)c1ccccc1. The van der Waals surface area contributed by atoms with Crippen molar-refractivity contribution in [3.63, 3.8) is 0 Å². The van der Waals surface area contributed by atoms with Gasteiger partial charge in [-0.2, -0.15) is 0 Å². The van der Waals surface area contributed by atoms with Crippen molar-refractivity contribution in [1.29, 1.82) is 0 Å². The third-order valence-electron chi connectivity index (χ3n) is 13.4. The number of aliphatic hydroxyl groups is 1. The molecule has 1 N–H and O–H groups in total. The molecule has 6 heterocycles. The topological polar surface area (TPSA) is 178 Å². The Balaban J connectivity index is 0.000000128. The van der Waals surface area contributed by atoms with Gasteiger partial charge in [-0.1, -0.05) is 126 Å². The average molecular weight is 1060 g/mol. The highest BCUT2D eigenvalue weighted by atomic mass is 32.2. The summed E-state index contributed by atoms with van der Waals surface area (Å²) in [4.78, 5) is 22.0. The molecule has 0 fully saturated rings. The second-order valence-corrected chi connectivity index (χ2v) is 22.2. The fourth-order valence-electron chi connectivity index (χ4n) is 9.37. The van der Waals surface area contributed by atoms with Crippen LogP contribution in [-0.4, -0.2) is 45.8 Å². The zero-order chi connectivity index (χ0) is 53.3. The van der Waals surface area contributed by atoms with Gasteiger partial charge in [-0.15, -0.1) is 0 Å². The van der Waals surface area contributed by atoms with E-state index >= 15 is 0 Å². The van der Waals surface area contributed by atoms with Crippen LogP contribution in [0.5, 0.6) is 0 Å². The summed E-state index contributed by atoms with van der Waals surface area (Å²) >= 11 is 0. The van der Waals surface area contributed by atoms with Crippen LogP contribution in [0, 0.1) is 13.8 Å². The van der Waals surface area contributed by atoms with Crippen LogP contribution in [0.4, 0.5) is 0 Å². The Morgan fingerprint density at radius 2 is 1.00 bits per heavy atom. The van der Waals surface area contributed by atoms with E-state index in [0.29, 0.717) is 41.1 Å². The highest BCUT2D eigenvalue weighted by Crippen LogP contribution is 2.36. The van der Waals surface area contributed by atoms with Crippen molar-refractivity contribution in [2.45, 2.75) is 62.6 Å². The molecule has 2 aliphatic rings. The Labute approximate surface area is 444 Å². The number of benzene rings is 7. The lowest BCUT2D eigenvalue weighted by atomic mass is 10.1. The quantitative estimate of drug-likeness (QED) is 0.128. The summed E-state index contributed by atoms with van der Waals surface area (Å²) in [7, 11) is -7.42. The summed E-state index contributed by atoms with van der Waals surface area (Å²) in [5.41, 5.74) is 10.2. The predicted octanol–water partition coefficient (Wildman–Crippen LogP) is 11.8. The lowest BCUT2D eigenvalue weighted by molar-refractivity contribution is -0.147. The van der Waals surface area contributed by atoms with Gasteiger partial charge in [0.15, 0.2) is 0 Å². The third-order valence-corrected chi connectivity index (χ3v) is 16.7. The smallest absolute Gasteiger partial charge is 0.340 e. The molecule has 2 unspecified atom stereocenters. The number of hydrogen-bond acceptors (Lipinski definition) is 12. The molecule has 2 aliphatic heterocycles. The van der Waals surface area contributed by atoms with E-state index in [-0.39, 0.29) is 23.0 Å². The third kappa shape index (κ3) is 10.3. The number of aromatic nitrogens is 4. The second-order valence-electron chi connectivity index (χ2n) is 18.5. The number of ether oxygens (including phenoxy) is 4. The molecule has 77 heavy (non-hydrogen) atoms. The van der Waals surface area contributed by atoms with E-state index in [1.54, 1.807) is 103 Å². The molecule has 7 aromatic carbocycles. The zero-order valence-electron chi connectivity index (χ0n) is 41.8. The maximum Gasteiger partial charge on any atom is 0.340 e. The Morgan fingerprint density at radius 1 is 0.545 bits per heavy atom. The number of aliphatic hydroxyl groups excluding tert-OH is 1. The Bertz CT molecular complexity index is 4220. The number of para-hydroxylation sites is 4. The molecule has 0 aliphatic carbocycles. The number of fused-ring (bicyclic) bond motifs is 6. The van der Waals surface area contributed by atoms with E-state index in [1.165, 1.54) is 14.1 Å². The molecule has 0 saturated carbocycles. The molecule has 13 rings (SSSR count). The van der Waals surface area contributed by atoms with Gasteiger partial charge in [-0.25, -0.2) is 39.5 Å². The van der Waals surface area contributed by atoms with Crippen LogP contribution in [0.25, 0.3) is 43.6 Å². The molecule has 0 saturated heterocycles. The maximum absolute atomic E-state index is 13.4. The first-order valence-corrected chi connectivity index (χ1v) is 27.5. The number of carbonyl (C=O) groups is 1. The highest BCUT2D eigenvalue weighted by Gasteiger charge is 2.30. The van der Waals surface area contributed by atoms with Gasteiger partial charge in [-0.05, 0) is 86.6 Å². The Kier molecular flexibility index (Phi) is 14.1. The second kappa shape index (κ2) is 21.3. The van der Waals surface area contributed by atoms with Gasteiger partial charge in [0.25, 0.3) is 20.0 Å². The summed E-state index contributed by atoms with van der Waals surface area (Å²) in [6.07, 6.45) is 1.77. The van der Waals surface area contributed by atoms with E-state index in [9.17, 15) is 26.7 Å². The molecule has 2 atom stereocenters. The summed E-state index contributed by atoms with van der Waals surface area (Å²) in [6, 6.07) is 57.0. The Hall–Kier alpha value is -8.35. The molecular formula is C61H50N4O10S2. The van der Waals surface area contributed by atoms with Crippen LogP contribution in [0.2, 0.25) is 0 Å². The van der Waals surface area contributed by atoms with Gasteiger partial charge < -0.3 is 24.1 Å². The molecule has 0 bridgehead atoms. The molecule has 0 amide bonds. The highest BCUT2D eigenvalue weighted by molar-refractivity contribution is 7.90. The minimum atomic E-state index is -3.75. The van der Waals surface area contributed by atoms with Crippen molar-refractivity contribution in [1.82, 2.24) is 17.9 Å². The summed E-state index contributed by atoms with van der Waals surface area (Å²) in [6.45, 7) is 4.65. The van der Waals surface area contributed by atoms with E-state index < -0.39 is 38.6 Å². The first-order valence-electron chi connectivity index (χ1n) is 24.7. The number of carbonyl (C=O) groups excluding carboxylic acids is 1. The van der Waals surface area contributed by atoms with E-state index in [0.717, 1.165) is 66.1 Å². The first kappa shape index (κ1) is 50.8. The normalized spacial score (nSPS) is 14.9. The maximum atomic E-state index is 13.4. The van der Waals surface area contributed by atoms with Gasteiger partial charge >= 0.3 is 5.97 Å². The van der Waals surface area contributed by atoms with Gasteiger partial charge in [-0.3, -0.25) is 0 Å². The van der Waals surface area contributed by atoms with Crippen LogP contribution in [0.3, 0.4) is 0 Å². The number of pyridine rings is 2. The number of nitrogens with zero attached hydrogens (tertiary/aromatic N) is 4. The number of hydrogen-bond donors (Lipinski definition) is 1. The lowest BCUT2D eigenvalue weighted by Gasteiger charge is -2.15. The van der Waals surface area contributed by atoms with E-state index in [4.69, 9.17) is 23.9 Å². The first-order chi connectivity index (χ1) is 37.3. The predicted molar refractivity (Wildman–Crippen MR) is 293 cm³/mol. The van der Waals surface area contributed by atoms with Crippen molar-refractivity contribution >= 4 is 69.6 Å². The molecule has 11 aromatic rings. The van der Waals surface area contributed by atoms with Crippen LogP contribution in [-0.2, 0) is 65.4 Å². The van der Waals surface area contributed by atoms with Crippen molar-refractivity contribution in [2.24, 2.45) is 0 Å². The van der Waals surface area contributed by atoms with Crippen molar-refractivity contribution < 1.29 is 45.7 Å². The summed E-state index contributed by atoms with van der Waals surface area (Å²) < 4.78 is 78.0. The van der Waals surface area contributed by atoms with E-state index in [2.05, 4.69) is 11.1 Å². The monoisotopic (exact) mass is 1060 g/mol. The fraction of sp³-hybridized carbons (Fsp3) is 0.131. The molecular weight excluding hydrogens is 1010 g/mol. The van der Waals surface area contributed by atoms with Gasteiger partial charge in [0, 0.05) is 56.2 Å². The molecule has 386 valence electrons. The number of rotatable bonds is 10. The van der Waals surface area contributed by atoms with E-state index in [1.807, 2.05) is 98.8 Å². The number of aryl methyl sites for hydroxylation is 2. The van der Waals surface area contributed by atoms with Crippen LogP contribution in [0.1, 0.15) is 67.7 Å². The standard InChI is InChI=1S/C27H22N2O4S.C18H13NO3.C16H15NO3S/c1-18-9-11-23(12-10-18)34(30,31)29-14-13-19-6-4-7-21(26(19)29)16-32-27-25-22(17-33-27)15-20-5-2-3-8-24(20)28-25;20-17(12-6-2-1-3-7-12)22-18-16-14(11-21-18)10-13-8-4-5-9-15(13)19-16;1-12-5-7-15(8-6-12)21(19,20)17-10-9-13-3-2-4-14(11-18)16(13)17/h2-15,27H,16-17H2,1H3;1-10,18H,11H2;2-10,18H,11H2,1H3. The summed E-state index contributed by atoms with van der Waals surface area (Å²) in [5.74, 6) is -0.409. The Morgan fingerprint density at radius 3 is 1.53 bits per heavy atom. The van der Waals surface area contributed by atoms with Gasteiger partial charge in [0.05, 0.1) is 63.8 Å². The minimum absolute atomic E-state index is 0.184. The molecule has 0 radical (unpaired) electrons. The summed E-state index contributed by atoms with van der Waals surface area (Å²) in [5, 5.41) is 13.2. The average Bonchev–Trinajstić information content (AvgIpc) is 4.40. The van der Waals surface area contributed by atoms with Crippen molar-refractivity contribution in [3.8, 4) is 0 Å². The zero-order valence-corrected chi connectivity index (χ0v) is 43.4. The van der Waals surface area contributed by atoms with Gasteiger partial charge in [0.2, 0.25) is 12.6 Å². The largest absolute Gasteiger partial charge is 0.426 e. The fourth-order valence-corrected chi connectivity index (χ4v) is 12.1. The van der Waals surface area contributed by atoms with Gasteiger partial charge in [0.1, 0.15) is 11.4 Å². The minimum Gasteiger partial charge on any atom is -0.426 e. The van der Waals surface area contributed by atoms with Crippen LogP contribution < -0.4 is 0 Å². The molecule has 14 nitrogen and oxygen atoms in total.